The van der Waals surface area contributed by atoms with E-state index in [1.54, 1.807) is 0 Å². The highest BCUT2D eigenvalue weighted by molar-refractivity contribution is 5.72. The third-order valence-corrected chi connectivity index (χ3v) is 3.12. The molecule has 0 aliphatic heterocycles. The Morgan fingerprint density at radius 3 is 2.57 bits per heavy atom. The van der Waals surface area contributed by atoms with Crippen LogP contribution < -0.4 is 0 Å². The first-order chi connectivity index (χ1) is 11.2. The third-order valence-electron chi connectivity index (χ3n) is 3.12. The Kier molecular flexibility index (Phi) is 4.42. The molecule has 0 N–H and O–H groups in total. The Hall–Kier alpha value is -3.02. The molecule has 3 rings (SSSR count). The van der Waals surface area contributed by atoms with Gasteiger partial charge in [-0.25, -0.2) is 4.39 Å². The van der Waals surface area contributed by atoms with Gasteiger partial charge in [0.2, 0.25) is 5.82 Å². The second kappa shape index (κ2) is 6.83. The summed E-state index contributed by atoms with van der Waals surface area (Å²) in [4.78, 5) is 15.9. The molecule has 1 aromatic heterocycles. The van der Waals surface area contributed by atoms with E-state index in [-0.39, 0.29) is 24.7 Å². The van der Waals surface area contributed by atoms with Crippen molar-refractivity contribution in [2.24, 2.45) is 0 Å². The van der Waals surface area contributed by atoms with Crippen molar-refractivity contribution in [2.45, 2.75) is 13.0 Å². The van der Waals surface area contributed by atoms with Crippen molar-refractivity contribution < 1.29 is 18.4 Å². The summed E-state index contributed by atoms with van der Waals surface area (Å²) in [5.41, 5.74) is 1.49. The van der Waals surface area contributed by atoms with Gasteiger partial charge >= 0.3 is 5.97 Å². The molecule has 0 bridgehead atoms. The monoisotopic (exact) mass is 312 g/mol. The molecule has 0 radical (unpaired) electrons. The summed E-state index contributed by atoms with van der Waals surface area (Å²) in [6.07, 6.45) is 0.0555. The molecular weight excluding hydrogens is 299 g/mol. The van der Waals surface area contributed by atoms with Gasteiger partial charge in [0.05, 0.1) is 6.42 Å². The highest BCUT2D eigenvalue weighted by atomic mass is 19.1. The lowest BCUT2D eigenvalue weighted by Gasteiger charge is -2.02. The lowest BCUT2D eigenvalue weighted by atomic mass is 10.1. The summed E-state index contributed by atoms with van der Waals surface area (Å²) < 4.78 is 22.9. The highest BCUT2D eigenvalue weighted by Crippen LogP contribution is 2.15. The number of carbonyl (C=O) groups is 1. The van der Waals surface area contributed by atoms with Gasteiger partial charge in [0.1, 0.15) is 5.82 Å². The van der Waals surface area contributed by atoms with E-state index in [9.17, 15) is 9.18 Å². The quantitative estimate of drug-likeness (QED) is 0.677. The van der Waals surface area contributed by atoms with E-state index in [1.165, 1.54) is 24.3 Å². The minimum atomic E-state index is -0.448. The smallest absolute Gasteiger partial charge is 0.310 e. The van der Waals surface area contributed by atoms with Crippen molar-refractivity contribution in [3.05, 3.63) is 71.9 Å². The zero-order valence-electron chi connectivity index (χ0n) is 12.1. The molecule has 0 spiro atoms. The summed E-state index contributed by atoms with van der Waals surface area (Å²) in [7, 11) is 0. The summed E-state index contributed by atoms with van der Waals surface area (Å²) in [5.74, 6) is -0.135. The molecule has 2 aromatic carbocycles. The fourth-order valence-electron chi connectivity index (χ4n) is 1.98. The van der Waals surface area contributed by atoms with Crippen LogP contribution in [0.25, 0.3) is 11.4 Å². The molecular formula is C17H13FN2O3. The fraction of sp³-hybridized carbons (Fsp3) is 0.118. The van der Waals surface area contributed by atoms with Crippen LogP contribution in [0.1, 0.15) is 11.5 Å². The molecule has 0 atom stereocenters. The number of ether oxygens (including phenoxy) is 1. The van der Waals surface area contributed by atoms with Crippen LogP contribution in [0.2, 0.25) is 0 Å². The molecule has 6 heteroatoms. The molecule has 0 amide bonds. The van der Waals surface area contributed by atoms with Crippen LogP contribution >= 0.6 is 0 Å². The summed E-state index contributed by atoms with van der Waals surface area (Å²) in [6, 6.07) is 15.0. The van der Waals surface area contributed by atoms with Gasteiger partial charge in [-0.2, -0.15) is 4.98 Å². The molecule has 0 aliphatic carbocycles. The van der Waals surface area contributed by atoms with Crippen molar-refractivity contribution in [2.75, 3.05) is 0 Å². The van der Waals surface area contributed by atoms with E-state index in [0.717, 1.165) is 5.56 Å². The molecule has 0 saturated carbocycles. The molecule has 3 aromatic rings. The summed E-state index contributed by atoms with van der Waals surface area (Å²) in [5, 5.41) is 3.84. The minimum absolute atomic E-state index is 0.0555. The van der Waals surface area contributed by atoms with Gasteiger partial charge in [-0.15, -0.1) is 0 Å². The molecule has 5 nitrogen and oxygen atoms in total. The van der Waals surface area contributed by atoms with Gasteiger partial charge in [-0.3, -0.25) is 4.79 Å². The van der Waals surface area contributed by atoms with E-state index >= 15 is 0 Å². The van der Waals surface area contributed by atoms with Crippen LogP contribution in [0.3, 0.4) is 0 Å². The Morgan fingerprint density at radius 2 is 1.83 bits per heavy atom. The minimum Gasteiger partial charge on any atom is -0.455 e. The number of rotatable bonds is 5. The fourth-order valence-corrected chi connectivity index (χ4v) is 1.98. The van der Waals surface area contributed by atoms with Gasteiger partial charge in [0.25, 0.3) is 5.89 Å². The predicted octanol–water partition coefficient (Wildman–Crippen LogP) is 3.16. The van der Waals surface area contributed by atoms with Crippen molar-refractivity contribution in [1.82, 2.24) is 10.1 Å². The summed E-state index contributed by atoms with van der Waals surface area (Å²) in [6.45, 7) is -0.0974. The zero-order valence-corrected chi connectivity index (χ0v) is 12.1. The zero-order chi connectivity index (χ0) is 16.1. The lowest BCUT2D eigenvalue weighted by molar-refractivity contribution is -0.144. The number of nitrogens with zero attached hydrogens (tertiary/aromatic N) is 2. The lowest BCUT2D eigenvalue weighted by Crippen LogP contribution is -2.08. The maximum atomic E-state index is 12.8. The molecule has 0 aliphatic rings. The van der Waals surface area contributed by atoms with Gasteiger partial charge in [0.15, 0.2) is 6.61 Å². The van der Waals surface area contributed by atoms with Crippen LogP contribution in [-0.2, 0) is 22.6 Å². The Balaban J connectivity index is 1.55. The van der Waals surface area contributed by atoms with E-state index in [1.807, 2.05) is 30.3 Å². The van der Waals surface area contributed by atoms with Crippen molar-refractivity contribution in [1.29, 1.82) is 0 Å². The first-order valence-electron chi connectivity index (χ1n) is 6.99. The second-order valence-electron chi connectivity index (χ2n) is 4.84. The number of benzene rings is 2. The number of aromatic nitrogens is 2. The first kappa shape index (κ1) is 14.9. The average Bonchev–Trinajstić information content (AvgIpc) is 3.05. The van der Waals surface area contributed by atoms with Crippen molar-refractivity contribution in [3.63, 3.8) is 0 Å². The summed E-state index contributed by atoms with van der Waals surface area (Å²) >= 11 is 0. The first-order valence-corrected chi connectivity index (χ1v) is 6.99. The number of halogens is 1. The van der Waals surface area contributed by atoms with Gasteiger partial charge in [-0.1, -0.05) is 47.6 Å². The molecule has 1 heterocycles. The van der Waals surface area contributed by atoms with Crippen molar-refractivity contribution >= 4 is 5.97 Å². The molecule has 0 saturated heterocycles. The number of hydrogen-bond donors (Lipinski definition) is 0. The highest BCUT2D eigenvalue weighted by Gasteiger charge is 2.11. The van der Waals surface area contributed by atoms with Crippen LogP contribution in [-0.4, -0.2) is 16.1 Å². The third kappa shape index (κ3) is 4.00. The van der Waals surface area contributed by atoms with E-state index in [4.69, 9.17) is 9.26 Å². The molecule has 116 valence electrons. The molecule has 0 fully saturated rings. The Labute approximate surface area is 131 Å². The second-order valence-corrected chi connectivity index (χ2v) is 4.84. The Morgan fingerprint density at radius 1 is 1.09 bits per heavy atom. The molecule has 23 heavy (non-hydrogen) atoms. The maximum Gasteiger partial charge on any atom is 0.310 e. The van der Waals surface area contributed by atoms with E-state index in [0.29, 0.717) is 11.4 Å². The standard InChI is InChI=1S/C17H13FN2O3/c18-14-8-6-12(7-9-14)10-16(21)22-11-15-19-17(20-23-15)13-4-2-1-3-5-13/h1-9H,10-11H2. The van der Waals surface area contributed by atoms with Crippen molar-refractivity contribution in [3.8, 4) is 11.4 Å². The van der Waals surface area contributed by atoms with Gasteiger partial charge in [-0.05, 0) is 17.7 Å². The van der Waals surface area contributed by atoms with E-state index in [2.05, 4.69) is 10.1 Å². The van der Waals surface area contributed by atoms with Gasteiger partial charge < -0.3 is 9.26 Å². The normalized spacial score (nSPS) is 10.5. The van der Waals surface area contributed by atoms with Crippen LogP contribution in [0.5, 0.6) is 0 Å². The largest absolute Gasteiger partial charge is 0.455 e. The number of carbonyl (C=O) groups excluding carboxylic acids is 1. The van der Waals surface area contributed by atoms with Crippen LogP contribution in [0, 0.1) is 5.82 Å². The number of hydrogen-bond acceptors (Lipinski definition) is 5. The average molecular weight is 312 g/mol. The maximum absolute atomic E-state index is 12.8. The van der Waals surface area contributed by atoms with Crippen LogP contribution in [0.4, 0.5) is 4.39 Å². The Bertz CT molecular complexity index is 785. The topological polar surface area (TPSA) is 65.2 Å². The SMILES string of the molecule is O=C(Cc1ccc(F)cc1)OCc1nc(-c2ccccc2)no1. The number of esters is 1. The predicted molar refractivity (Wildman–Crippen MR) is 79.6 cm³/mol. The van der Waals surface area contributed by atoms with E-state index < -0.39 is 5.97 Å². The molecule has 0 unspecified atom stereocenters. The van der Waals surface area contributed by atoms with Crippen LogP contribution in [0.15, 0.2) is 59.1 Å². The van der Waals surface area contributed by atoms with Gasteiger partial charge in [0, 0.05) is 5.56 Å².